The van der Waals surface area contributed by atoms with Gasteiger partial charge in [0.1, 0.15) is 72.8 Å². The van der Waals surface area contributed by atoms with Crippen LogP contribution in [-0.4, -0.2) is 112 Å². The van der Waals surface area contributed by atoms with Gasteiger partial charge >= 0.3 is 37.1 Å². The van der Waals surface area contributed by atoms with E-state index in [1.54, 1.807) is 69.0 Å². The van der Waals surface area contributed by atoms with Gasteiger partial charge in [-0.1, -0.05) is 58.5 Å². The van der Waals surface area contributed by atoms with Crippen LogP contribution in [0.1, 0.15) is 134 Å². The summed E-state index contributed by atoms with van der Waals surface area (Å²) < 4.78 is 105. The number of hydrogen-bond acceptors (Lipinski definition) is 19. The lowest BCUT2D eigenvalue weighted by molar-refractivity contribution is -0.378. The van der Waals surface area contributed by atoms with Crippen molar-refractivity contribution in [2.45, 2.75) is 122 Å². The molecule has 2 saturated heterocycles. The molecule has 0 bridgehead atoms. The van der Waals surface area contributed by atoms with Crippen LogP contribution in [0.25, 0.3) is 0 Å². The van der Waals surface area contributed by atoms with Crippen LogP contribution in [0.2, 0.25) is 20.1 Å². The zero-order valence-electron chi connectivity index (χ0n) is 49.7. The van der Waals surface area contributed by atoms with Crippen molar-refractivity contribution in [1.82, 2.24) is 10.2 Å². The molecule has 4 aliphatic rings. The fourth-order valence-corrected chi connectivity index (χ4v) is 10.9. The third-order valence-electron chi connectivity index (χ3n) is 14.9. The van der Waals surface area contributed by atoms with Crippen LogP contribution >= 0.6 is 46.4 Å². The lowest BCUT2D eigenvalue weighted by atomic mass is 10.0. The molecule has 2 aliphatic carbocycles. The SMILES string of the molecule is COC(=O)c1cc(C=O)oc1C.COC(=O)c1cc(CN2CCCC2C(=O)O[C@@H](Cc2c(Cl)c[nH+]cc2Cl)c2ccc(OC(F)F)c(OCC3CC3)c2)oc1C.O=C(O[C@@H](Cc1c(Cl)c[nH+]cc1Cl)c1ccc(OC(F)F)c(OCC2CC2)c1)[C@@H]1CCCN1.[OH-].[OH-]. The maximum atomic E-state index is 13.7. The molecule has 0 amide bonds. The molecule has 2 aliphatic heterocycles. The van der Waals surface area contributed by atoms with E-state index in [1.165, 1.54) is 32.4 Å². The van der Waals surface area contributed by atoms with Gasteiger partial charge in [0.25, 0.3) is 0 Å². The average Bonchev–Trinajstić information content (AvgIpc) is 3.19. The highest BCUT2D eigenvalue weighted by Gasteiger charge is 2.36. The first-order chi connectivity index (χ1) is 42.7. The number of H-pyrrole nitrogens is 2. The van der Waals surface area contributed by atoms with Gasteiger partial charge in [0.05, 0.1) is 34.0 Å². The van der Waals surface area contributed by atoms with Crippen LogP contribution in [0.3, 0.4) is 0 Å². The Kier molecular flexibility index (Phi) is 27.6. The topological polar surface area (TPSA) is 289 Å². The van der Waals surface area contributed by atoms with Gasteiger partial charge in [0, 0.05) is 30.0 Å². The molecule has 2 aromatic carbocycles. The summed E-state index contributed by atoms with van der Waals surface area (Å²) in [5.74, 6) is 0.512. The summed E-state index contributed by atoms with van der Waals surface area (Å²) in [6, 6.07) is 11.1. The summed E-state index contributed by atoms with van der Waals surface area (Å²) in [6.45, 7) is -0.337. The van der Waals surface area contributed by atoms with Crippen molar-refractivity contribution in [2.24, 2.45) is 11.8 Å². The molecule has 5 N–H and O–H groups in total. The van der Waals surface area contributed by atoms with Crippen LogP contribution in [0, 0.1) is 25.7 Å². The summed E-state index contributed by atoms with van der Waals surface area (Å²) in [5, 5.41) is 4.60. The molecule has 4 aromatic heterocycles. The number of alkyl halides is 4. The van der Waals surface area contributed by atoms with E-state index in [-0.39, 0.29) is 65.1 Å². The minimum atomic E-state index is -3.04. The number of esters is 4. The first-order valence-electron chi connectivity index (χ1n) is 28.5. The third kappa shape index (κ3) is 20.6. The number of pyridine rings is 2. The number of aldehydes is 1. The quantitative estimate of drug-likeness (QED) is 0.0241. The molecule has 6 heterocycles. The molecular formula is C62H68Cl4F4N4O17. The number of nitrogens with zero attached hydrogens (tertiary/aromatic N) is 1. The van der Waals surface area contributed by atoms with Gasteiger partial charge in [-0.15, -0.1) is 0 Å². The number of carbonyl (C=O) groups is 5. The van der Waals surface area contributed by atoms with Crippen LogP contribution in [0.5, 0.6) is 23.0 Å². The number of likely N-dealkylation sites (tertiary alicyclic amines) is 1. The van der Waals surface area contributed by atoms with E-state index in [1.807, 2.05) is 4.90 Å². The normalized spacial score (nSPS) is 16.5. The van der Waals surface area contributed by atoms with Crippen molar-refractivity contribution in [3.63, 3.8) is 0 Å². The molecule has 0 radical (unpaired) electrons. The molecular weight excluding hydrogens is 1290 g/mol. The van der Waals surface area contributed by atoms with Crippen molar-refractivity contribution in [3.8, 4) is 23.0 Å². The highest BCUT2D eigenvalue weighted by molar-refractivity contribution is 6.36. The van der Waals surface area contributed by atoms with Crippen molar-refractivity contribution >= 4 is 76.6 Å². The zero-order chi connectivity index (χ0) is 63.9. The van der Waals surface area contributed by atoms with Gasteiger partial charge in [0.2, 0.25) is 0 Å². The van der Waals surface area contributed by atoms with Gasteiger partial charge < -0.3 is 63.0 Å². The van der Waals surface area contributed by atoms with Crippen molar-refractivity contribution in [3.05, 3.63) is 150 Å². The number of aryl methyl sites for hydroxylation is 2. The van der Waals surface area contributed by atoms with Gasteiger partial charge in [-0.2, -0.15) is 17.6 Å². The van der Waals surface area contributed by atoms with Gasteiger partial charge in [-0.25, -0.2) is 19.6 Å². The molecule has 10 rings (SSSR count). The largest absolute Gasteiger partial charge is 0.870 e. The summed E-state index contributed by atoms with van der Waals surface area (Å²) in [6.07, 6.45) is 12.5. The highest BCUT2D eigenvalue weighted by atomic mass is 35.5. The summed E-state index contributed by atoms with van der Waals surface area (Å²) >= 11 is 25.6. The molecule has 4 fully saturated rings. The Morgan fingerprint density at radius 2 is 1.11 bits per heavy atom. The van der Waals surface area contributed by atoms with Crippen molar-refractivity contribution in [1.29, 1.82) is 0 Å². The molecule has 1 unspecified atom stereocenters. The molecule has 29 heteroatoms. The first kappa shape index (κ1) is 72.8. The predicted octanol–water partition coefficient (Wildman–Crippen LogP) is 12.0. The molecule has 21 nitrogen and oxygen atoms in total. The zero-order valence-corrected chi connectivity index (χ0v) is 52.7. The Balaban J connectivity index is 0.000000246. The second-order valence-corrected chi connectivity index (χ2v) is 23.0. The van der Waals surface area contributed by atoms with Crippen molar-refractivity contribution < 1.29 is 109 Å². The number of halogens is 8. The van der Waals surface area contributed by atoms with Gasteiger partial charge in [-0.3, -0.25) is 19.3 Å². The Hall–Kier alpha value is -7.23. The minimum Gasteiger partial charge on any atom is -0.870 e. The maximum absolute atomic E-state index is 13.7. The Morgan fingerprint density at radius 3 is 1.54 bits per heavy atom. The molecule has 494 valence electrons. The summed E-state index contributed by atoms with van der Waals surface area (Å²) in [7, 11) is 2.57. The van der Waals surface area contributed by atoms with E-state index in [2.05, 4.69) is 24.8 Å². The maximum Gasteiger partial charge on any atom is 0.387 e. The van der Waals surface area contributed by atoms with Gasteiger partial charge in [-0.05, 0) is 132 Å². The number of aromatic nitrogens is 2. The van der Waals surface area contributed by atoms with Crippen LogP contribution in [0.15, 0.2) is 82.2 Å². The smallest absolute Gasteiger partial charge is 0.387 e. The number of nitrogens with one attached hydrogen (secondary N) is 3. The van der Waals surface area contributed by atoms with Crippen LogP contribution in [-0.2, 0) is 47.9 Å². The second kappa shape index (κ2) is 34.4. The summed E-state index contributed by atoms with van der Waals surface area (Å²) in [4.78, 5) is 67.4. The van der Waals surface area contributed by atoms with Crippen LogP contribution < -0.4 is 34.2 Å². The molecule has 0 spiro atoms. The second-order valence-electron chi connectivity index (χ2n) is 21.4. The number of methoxy groups -OCH3 is 2. The predicted molar refractivity (Wildman–Crippen MR) is 317 cm³/mol. The number of hydrogen-bond donors (Lipinski definition) is 1. The van der Waals surface area contributed by atoms with E-state index in [4.69, 9.17) is 83.7 Å². The molecule has 4 atom stereocenters. The number of benzene rings is 2. The highest BCUT2D eigenvalue weighted by Crippen LogP contribution is 2.41. The fourth-order valence-electron chi connectivity index (χ4n) is 9.83. The van der Waals surface area contributed by atoms with E-state index >= 15 is 0 Å². The molecule has 6 aromatic rings. The monoisotopic (exact) mass is 1360 g/mol. The molecule has 2 saturated carbocycles. The van der Waals surface area contributed by atoms with Gasteiger partial charge in [0.15, 0.2) is 59.8 Å². The van der Waals surface area contributed by atoms with E-state index in [0.717, 1.165) is 45.1 Å². The lowest BCUT2D eigenvalue weighted by Gasteiger charge is -2.26. The average molecular weight is 1360 g/mol. The van der Waals surface area contributed by atoms with E-state index in [0.29, 0.717) is 121 Å². The first-order valence-corrected chi connectivity index (χ1v) is 30.0. The Bertz CT molecular complexity index is 3400. The molecule has 91 heavy (non-hydrogen) atoms. The Morgan fingerprint density at radius 1 is 0.637 bits per heavy atom. The third-order valence-corrected chi connectivity index (χ3v) is 16.3. The Labute approximate surface area is 540 Å². The fraction of sp³-hybridized carbons (Fsp3) is 0.435. The lowest BCUT2D eigenvalue weighted by Crippen LogP contribution is -2.37. The number of carbonyl (C=O) groups excluding carboxylic acids is 5. The number of rotatable bonds is 25. The van der Waals surface area contributed by atoms with E-state index in [9.17, 15) is 41.5 Å². The number of furan rings is 2. The minimum absolute atomic E-state index is 0. The van der Waals surface area contributed by atoms with Crippen molar-refractivity contribution in [2.75, 3.05) is 40.5 Å². The van der Waals surface area contributed by atoms with E-state index < -0.39 is 55.4 Å². The van der Waals surface area contributed by atoms with Crippen LogP contribution in [0.4, 0.5) is 17.6 Å². The number of aromatic amines is 2. The number of ether oxygens (including phenoxy) is 8. The summed E-state index contributed by atoms with van der Waals surface area (Å²) in [5.41, 5.74) is 2.83. The standard InChI is InChI=1S/C31H32Cl2F2N2O7.C23H24Cl2F2N2O4.C8H8O4.2H2O/c1-17-21(29(38)40-2)11-20(42-17)15-37-9-3-4-25(37)30(39)43-27(12-22-23(32)13-36-14-24(22)33)19-7-8-26(44-31(34)35)28(10-19)41-16-18-5-6-18;24-16-10-28-11-17(25)15(16)9-20(32-22(30)18-2-1-7-29-18)14-5-6-19(33-23(26)27)21(8-14)31-12-13-3-4-13;1-5-7(8(10)11-2)3-6(4-9)12-5;;/h7-8,10-11,13-14,18,25,27,31H,3-6,9,12,15-16H2,1-2H3;5-6,8,10-11,13,18,20,23,29H,1-4,7,9,12H2;3-4H,1-2H3;2*1H2/t25?,27-;18-,20-;;;/m00.../s1.